The maximum Gasteiger partial charge on any atom is 0.173 e. The van der Waals surface area contributed by atoms with Crippen molar-refractivity contribution in [1.29, 1.82) is 0 Å². The van der Waals surface area contributed by atoms with E-state index in [1.807, 2.05) is 12.1 Å². The van der Waals surface area contributed by atoms with Gasteiger partial charge in [0.1, 0.15) is 0 Å². The minimum atomic E-state index is 0.783. The fourth-order valence-corrected chi connectivity index (χ4v) is 2.77. The van der Waals surface area contributed by atoms with Crippen molar-refractivity contribution in [3.8, 4) is 0 Å². The van der Waals surface area contributed by atoms with Gasteiger partial charge in [0.25, 0.3) is 0 Å². The predicted octanol–water partition coefficient (Wildman–Crippen LogP) is 5.15. The zero-order valence-electron chi connectivity index (χ0n) is 13.9. The van der Waals surface area contributed by atoms with Gasteiger partial charge in [-0.3, -0.25) is 0 Å². The van der Waals surface area contributed by atoms with Crippen LogP contribution in [0.1, 0.15) is 38.2 Å². The Bertz CT molecular complexity index is 569. The lowest BCUT2D eigenvalue weighted by Gasteiger charge is -2.26. The highest BCUT2D eigenvalue weighted by molar-refractivity contribution is 7.80. The summed E-state index contributed by atoms with van der Waals surface area (Å²) in [6.45, 7) is 3.96. The van der Waals surface area contributed by atoms with Gasteiger partial charge in [-0.05, 0) is 36.3 Å². The van der Waals surface area contributed by atoms with Crippen LogP contribution >= 0.6 is 12.2 Å². The molecule has 0 atom stereocenters. The number of thiocarbonyl (C=S) groups is 1. The van der Waals surface area contributed by atoms with Crippen molar-refractivity contribution in [2.75, 3.05) is 11.4 Å². The van der Waals surface area contributed by atoms with E-state index in [-0.39, 0.29) is 0 Å². The van der Waals surface area contributed by atoms with Gasteiger partial charge in [-0.25, -0.2) is 0 Å². The van der Waals surface area contributed by atoms with Gasteiger partial charge in [0.15, 0.2) is 5.11 Å². The molecule has 0 aliphatic heterocycles. The second kappa shape index (κ2) is 10.0. The van der Waals surface area contributed by atoms with Crippen LogP contribution in [-0.4, -0.2) is 11.7 Å². The van der Waals surface area contributed by atoms with E-state index in [9.17, 15) is 0 Å². The van der Waals surface area contributed by atoms with Crippen molar-refractivity contribution in [2.24, 2.45) is 0 Å². The second-order valence-electron chi connectivity index (χ2n) is 5.70. The van der Waals surface area contributed by atoms with Crippen molar-refractivity contribution in [1.82, 2.24) is 5.32 Å². The number of nitrogens with one attached hydrogen (secondary N) is 1. The number of para-hydroxylation sites is 1. The van der Waals surface area contributed by atoms with Gasteiger partial charge in [0.05, 0.1) is 6.54 Å². The molecule has 0 saturated heterocycles. The van der Waals surface area contributed by atoms with E-state index >= 15 is 0 Å². The normalized spacial score (nSPS) is 10.3. The van der Waals surface area contributed by atoms with E-state index in [4.69, 9.17) is 12.2 Å². The van der Waals surface area contributed by atoms with Crippen molar-refractivity contribution in [3.63, 3.8) is 0 Å². The number of unbranched alkanes of at least 4 members (excludes halogenated alkanes) is 3. The number of benzene rings is 2. The van der Waals surface area contributed by atoms with E-state index < -0.39 is 0 Å². The van der Waals surface area contributed by atoms with Gasteiger partial charge in [-0.1, -0.05) is 74.7 Å². The van der Waals surface area contributed by atoms with Crippen LogP contribution in [0.15, 0.2) is 60.7 Å². The van der Waals surface area contributed by atoms with E-state index in [1.165, 1.54) is 31.2 Å². The molecule has 0 aliphatic carbocycles. The summed E-state index contributed by atoms with van der Waals surface area (Å²) < 4.78 is 0. The van der Waals surface area contributed by atoms with Gasteiger partial charge in [0.2, 0.25) is 0 Å². The Labute approximate surface area is 145 Å². The molecule has 0 saturated carbocycles. The molecule has 1 N–H and O–H groups in total. The van der Waals surface area contributed by atoms with Crippen LogP contribution in [-0.2, 0) is 6.54 Å². The third-order valence-corrected chi connectivity index (χ3v) is 4.17. The Morgan fingerprint density at radius 2 is 1.57 bits per heavy atom. The van der Waals surface area contributed by atoms with Crippen LogP contribution in [0.2, 0.25) is 0 Å². The first-order chi connectivity index (χ1) is 11.3. The average Bonchev–Trinajstić information content (AvgIpc) is 2.61. The fourth-order valence-electron chi connectivity index (χ4n) is 2.50. The summed E-state index contributed by atoms with van der Waals surface area (Å²) in [5.41, 5.74) is 2.38. The van der Waals surface area contributed by atoms with Crippen molar-refractivity contribution in [3.05, 3.63) is 66.2 Å². The van der Waals surface area contributed by atoms with Gasteiger partial charge in [0, 0.05) is 12.2 Å². The maximum atomic E-state index is 5.65. The molecule has 23 heavy (non-hydrogen) atoms. The number of rotatable bonds is 8. The van der Waals surface area contributed by atoms with Gasteiger partial charge in [-0.2, -0.15) is 0 Å². The molecular formula is C20H26N2S. The third-order valence-electron chi connectivity index (χ3n) is 3.80. The molecule has 122 valence electrons. The topological polar surface area (TPSA) is 15.3 Å². The van der Waals surface area contributed by atoms with E-state index in [2.05, 4.69) is 65.7 Å². The summed E-state index contributed by atoms with van der Waals surface area (Å²) in [6.07, 6.45) is 4.98. The van der Waals surface area contributed by atoms with Crippen LogP contribution in [0.3, 0.4) is 0 Å². The smallest absolute Gasteiger partial charge is 0.173 e. The highest BCUT2D eigenvalue weighted by Crippen LogP contribution is 2.17. The number of anilines is 1. The van der Waals surface area contributed by atoms with E-state index in [0.717, 1.165) is 23.9 Å². The Hall–Kier alpha value is -1.87. The van der Waals surface area contributed by atoms with Crippen LogP contribution in [0.5, 0.6) is 0 Å². The number of hydrogen-bond acceptors (Lipinski definition) is 1. The monoisotopic (exact) mass is 326 g/mol. The standard InChI is InChI=1S/C20H26N2S/c1-2-3-4-11-16-21-20(23)22(19-14-9-6-10-15-19)17-18-12-7-5-8-13-18/h5-10,12-15H,2-4,11,16-17H2,1H3,(H,21,23). The zero-order valence-corrected chi connectivity index (χ0v) is 14.7. The van der Waals surface area contributed by atoms with Crippen LogP contribution in [0.25, 0.3) is 0 Å². The van der Waals surface area contributed by atoms with Crippen molar-refractivity contribution < 1.29 is 0 Å². The molecule has 0 radical (unpaired) electrons. The van der Waals surface area contributed by atoms with Crippen LogP contribution in [0.4, 0.5) is 5.69 Å². The predicted molar refractivity (Wildman–Crippen MR) is 104 cm³/mol. The molecule has 2 rings (SSSR count). The molecule has 0 amide bonds. The summed E-state index contributed by atoms with van der Waals surface area (Å²) in [4.78, 5) is 2.17. The fraction of sp³-hybridized carbons (Fsp3) is 0.350. The summed E-state index contributed by atoms with van der Waals surface area (Å²) in [7, 11) is 0. The summed E-state index contributed by atoms with van der Waals surface area (Å²) >= 11 is 5.65. The molecule has 0 unspecified atom stereocenters. The SMILES string of the molecule is CCCCCCNC(=S)N(Cc1ccccc1)c1ccccc1. The van der Waals surface area contributed by atoms with Crippen molar-refractivity contribution >= 4 is 23.0 Å². The Balaban J connectivity index is 2.00. The molecule has 0 bridgehead atoms. The first-order valence-electron chi connectivity index (χ1n) is 8.45. The number of nitrogens with zero attached hydrogens (tertiary/aromatic N) is 1. The van der Waals surface area contributed by atoms with Gasteiger partial charge < -0.3 is 10.2 Å². The molecule has 0 spiro atoms. The Morgan fingerprint density at radius 3 is 2.22 bits per heavy atom. The van der Waals surface area contributed by atoms with Crippen molar-refractivity contribution in [2.45, 2.75) is 39.2 Å². The first-order valence-corrected chi connectivity index (χ1v) is 8.86. The van der Waals surface area contributed by atoms with Gasteiger partial charge in [-0.15, -0.1) is 0 Å². The second-order valence-corrected chi connectivity index (χ2v) is 6.09. The minimum Gasteiger partial charge on any atom is -0.362 e. The molecule has 0 aromatic heterocycles. The van der Waals surface area contributed by atoms with Crippen LogP contribution in [0, 0.1) is 0 Å². The highest BCUT2D eigenvalue weighted by Gasteiger charge is 2.12. The Kier molecular flexibility index (Phi) is 7.61. The lowest BCUT2D eigenvalue weighted by molar-refractivity contribution is 0.653. The third kappa shape index (κ3) is 6.03. The quantitative estimate of drug-likeness (QED) is 0.533. The van der Waals surface area contributed by atoms with E-state index in [1.54, 1.807) is 0 Å². The average molecular weight is 327 g/mol. The van der Waals surface area contributed by atoms with Crippen LogP contribution < -0.4 is 10.2 Å². The molecule has 2 nitrogen and oxygen atoms in total. The molecule has 0 heterocycles. The lowest BCUT2D eigenvalue weighted by Crippen LogP contribution is -2.39. The Morgan fingerprint density at radius 1 is 0.913 bits per heavy atom. The van der Waals surface area contributed by atoms with E-state index in [0.29, 0.717) is 0 Å². The lowest BCUT2D eigenvalue weighted by atomic mass is 10.2. The summed E-state index contributed by atoms with van der Waals surface area (Å²) in [6, 6.07) is 20.8. The molecule has 3 heteroatoms. The summed E-state index contributed by atoms with van der Waals surface area (Å²) in [5, 5.41) is 4.22. The maximum absolute atomic E-state index is 5.65. The molecule has 2 aromatic carbocycles. The highest BCUT2D eigenvalue weighted by atomic mass is 32.1. The zero-order chi connectivity index (χ0) is 16.3. The molecule has 0 aliphatic rings. The largest absolute Gasteiger partial charge is 0.362 e. The van der Waals surface area contributed by atoms with Gasteiger partial charge >= 0.3 is 0 Å². The molecule has 0 fully saturated rings. The minimum absolute atomic E-state index is 0.783. The first kappa shape index (κ1) is 17.5. The summed E-state index contributed by atoms with van der Waals surface area (Å²) in [5.74, 6) is 0. The molecule has 2 aromatic rings. The number of hydrogen-bond donors (Lipinski definition) is 1. The molecular weight excluding hydrogens is 300 g/mol.